The molecule has 2 heteroatoms. The molecular weight excluding hydrogens is 246 g/mol. The van der Waals surface area contributed by atoms with Gasteiger partial charge in [-0.1, -0.05) is 25.1 Å². The highest BCUT2D eigenvalue weighted by Crippen LogP contribution is 2.37. The van der Waals surface area contributed by atoms with Gasteiger partial charge in [0.25, 0.3) is 0 Å². The van der Waals surface area contributed by atoms with Gasteiger partial charge in [-0.05, 0) is 68.7 Å². The predicted octanol–water partition coefficient (Wildman–Crippen LogP) is 4.06. The molecule has 2 aliphatic rings. The Morgan fingerprint density at radius 2 is 1.80 bits per heavy atom. The van der Waals surface area contributed by atoms with Gasteiger partial charge in [0.15, 0.2) is 0 Å². The normalized spacial score (nSPS) is 28.7. The van der Waals surface area contributed by atoms with Gasteiger partial charge in [-0.3, -0.25) is 0 Å². The van der Waals surface area contributed by atoms with Crippen LogP contribution in [0.4, 0.5) is 0 Å². The van der Waals surface area contributed by atoms with E-state index in [1.54, 1.807) is 7.11 Å². The van der Waals surface area contributed by atoms with E-state index in [1.165, 1.54) is 50.8 Å². The SMILES string of the molecule is COc1ccccc1C1CCN(C2CC[C@@H](C)C2)CC1. The van der Waals surface area contributed by atoms with Crippen LogP contribution in [0.25, 0.3) is 0 Å². The molecule has 1 heterocycles. The molecule has 1 aliphatic heterocycles. The van der Waals surface area contributed by atoms with Gasteiger partial charge in [-0.15, -0.1) is 0 Å². The maximum atomic E-state index is 5.53. The average molecular weight is 273 g/mol. The standard InChI is InChI=1S/C18H27NO/c1-14-7-8-16(13-14)19-11-9-15(10-12-19)17-5-3-4-6-18(17)20-2/h3-6,14-16H,7-13H2,1-2H3/t14-,16?/m1/s1. The molecule has 1 saturated carbocycles. The van der Waals surface area contributed by atoms with Gasteiger partial charge in [0.2, 0.25) is 0 Å². The Hall–Kier alpha value is -1.02. The zero-order valence-corrected chi connectivity index (χ0v) is 12.8. The molecule has 1 unspecified atom stereocenters. The lowest BCUT2D eigenvalue weighted by Crippen LogP contribution is -2.39. The van der Waals surface area contributed by atoms with E-state index in [1.807, 2.05) is 0 Å². The summed E-state index contributed by atoms with van der Waals surface area (Å²) < 4.78 is 5.53. The van der Waals surface area contributed by atoms with Gasteiger partial charge >= 0.3 is 0 Å². The van der Waals surface area contributed by atoms with Crippen molar-refractivity contribution in [1.82, 2.24) is 4.90 Å². The fourth-order valence-electron chi connectivity index (χ4n) is 4.09. The van der Waals surface area contributed by atoms with Crippen LogP contribution in [0, 0.1) is 5.92 Å². The van der Waals surface area contributed by atoms with Crippen molar-refractivity contribution >= 4 is 0 Å². The molecule has 2 fully saturated rings. The summed E-state index contributed by atoms with van der Waals surface area (Å²) in [4.78, 5) is 2.75. The van der Waals surface area contributed by atoms with Crippen LogP contribution >= 0.6 is 0 Å². The molecule has 0 bridgehead atoms. The van der Waals surface area contributed by atoms with Gasteiger partial charge in [0, 0.05) is 6.04 Å². The van der Waals surface area contributed by atoms with Crippen molar-refractivity contribution < 1.29 is 4.74 Å². The average Bonchev–Trinajstić information content (AvgIpc) is 2.94. The Kier molecular flexibility index (Phi) is 4.30. The van der Waals surface area contributed by atoms with Gasteiger partial charge in [-0.25, -0.2) is 0 Å². The van der Waals surface area contributed by atoms with Crippen LogP contribution in [0.3, 0.4) is 0 Å². The lowest BCUT2D eigenvalue weighted by molar-refractivity contribution is 0.151. The molecular formula is C18H27NO. The van der Waals surface area contributed by atoms with Crippen molar-refractivity contribution in [2.24, 2.45) is 5.92 Å². The molecule has 0 spiro atoms. The number of ether oxygens (including phenoxy) is 1. The zero-order valence-electron chi connectivity index (χ0n) is 12.8. The van der Waals surface area contributed by atoms with Crippen LogP contribution in [-0.4, -0.2) is 31.1 Å². The van der Waals surface area contributed by atoms with Gasteiger partial charge < -0.3 is 9.64 Å². The number of para-hydroxylation sites is 1. The number of benzene rings is 1. The highest BCUT2D eigenvalue weighted by Gasteiger charge is 2.30. The molecule has 1 aromatic rings. The first-order chi connectivity index (χ1) is 9.78. The topological polar surface area (TPSA) is 12.5 Å². The Morgan fingerprint density at radius 1 is 1.05 bits per heavy atom. The molecule has 1 aliphatic carbocycles. The van der Waals surface area contributed by atoms with Crippen molar-refractivity contribution in [2.45, 2.75) is 51.0 Å². The van der Waals surface area contributed by atoms with Crippen molar-refractivity contribution in [3.05, 3.63) is 29.8 Å². The Bertz CT molecular complexity index is 437. The first kappa shape index (κ1) is 13.9. The molecule has 0 amide bonds. The highest BCUT2D eigenvalue weighted by molar-refractivity contribution is 5.36. The number of rotatable bonds is 3. The summed E-state index contributed by atoms with van der Waals surface area (Å²) in [7, 11) is 1.79. The second-order valence-corrected chi connectivity index (χ2v) is 6.62. The number of hydrogen-bond acceptors (Lipinski definition) is 2. The van der Waals surface area contributed by atoms with E-state index in [4.69, 9.17) is 4.74 Å². The van der Waals surface area contributed by atoms with E-state index < -0.39 is 0 Å². The number of methoxy groups -OCH3 is 1. The van der Waals surface area contributed by atoms with E-state index in [0.29, 0.717) is 5.92 Å². The summed E-state index contributed by atoms with van der Waals surface area (Å²) in [5, 5.41) is 0. The van der Waals surface area contributed by atoms with Crippen LogP contribution in [0.1, 0.15) is 50.5 Å². The molecule has 2 nitrogen and oxygen atoms in total. The Labute approximate surface area is 123 Å². The predicted molar refractivity (Wildman–Crippen MR) is 83.3 cm³/mol. The van der Waals surface area contributed by atoms with Gasteiger partial charge in [-0.2, -0.15) is 0 Å². The minimum Gasteiger partial charge on any atom is -0.496 e. The molecule has 20 heavy (non-hydrogen) atoms. The third kappa shape index (κ3) is 2.85. The maximum absolute atomic E-state index is 5.53. The van der Waals surface area contributed by atoms with E-state index in [2.05, 4.69) is 36.1 Å². The fraction of sp³-hybridized carbons (Fsp3) is 0.667. The summed E-state index contributed by atoms with van der Waals surface area (Å²) in [6, 6.07) is 9.42. The van der Waals surface area contributed by atoms with E-state index >= 15 is 0 Å². The van der Waals surface area contributed by atoms with Crippen molar-refractivity contribution in [1.29, 1.82) is 0 Å². The minimum atomic E-state index is 0.682. The Morgan fingerprint density at radius 3 is 2.45 bits per heavy atom. The van der Waals surface area contributed by atoms with Crippen molar-refractivity contribution in [3.63, 3.8) is 0 Å². The maximum Gasteiger partial charge on any atom is 0.122 e. The van der Waals surface area contributed by atoms with Crippen LogP contribution in [-0.2, 0) is 0 Å². The monoisotopic (exact) mass is 273 g/mol. The van der Waals surface area contributed by atoms with Crippen LogP contribution < -0.4 is 4.74 Å². The third-order valence-electron chi connectivity index (χ3n) is 5.29. The first-order valence-electron chi connectivity index (χ1n) is 8.15. The van der Waals surface area contributed by atoms with Crippen LogP contribution in [0.15, 0.2) is 24.3 Å². The number of nitrogens with zero attached hydrogens (tertiary/aromatic N) is 1. The third-order valence-corrected chi connectivity index (χ3v) is 5.29. The highest BCUT2D eigenvalue weighted by atomic mass is 16.5. The molecule has 1 saturated heterocycles. The number of likely N-dealkylation sites (tertiary alicyclic amines) is 1. The summed E-state index contributed by atoms with van der Waals surface area (Å²) in [5.74, 6) is 2.69. The molecule has 0 radical (unpaired) electrons. The fourth-order valence-corrected chi connectivity index (χ4v) is 4.09. The smallest absolute Gasteiger partial charge is 0.122 e. The molecule has 1 aromatic carbocycles. The van der Waals surface area contributed by atoms with E-state index in [-0.39, 0.29) is 0 Å². The van der Waals surface area contributed by atoms with Gasteiger partial charge in [0.05, 0.1) is 7.11 Å². The number of piperidine rings is 1. The van der Waals surface area contributed by atoms with E-state index in [9.17, 15) is 0 Å². The first-order valence-corrected chi connectivity index (χ1v) is 8.15. The summed E-state index contributed by atoms with van der Waals surface area (Å²) in [6.07, 6.45) is 6.83. The summed E-state index contributed by atoms with van der Waals surface area (Å²) in [5.41, 5.74) is 1.41. The quantitative estimate of drug-likeness (QED) is 0.823. The summed E-state index contributed by atoms with van der Waals surface area (Å²) >= 11 is 0. The molecule has 110 valence electrons. The van der Waals surface area contributed by atoms with Crippen molar-refractivity contribution in [2.75, 3.05) is 20.2 Å². The van der Waals surface area contributed by atoms with Crippen molar-refractivity contribution in [3.8, 4) is 5.75 Å². The Balaban J connectivity index is 1.61. The second kappa shape index (κ2) is 6.17. The van der Waals surface area contributed by atoms with E-state index in [0.717, 1.165) is 17.7 Å². The minimum absolute atomic E-state index is 0.682. The lowest BCUT2D eigenvalue weighted by atomic mass is 9.88. The lowest BCUT2D eigenvalue weighted by Gasteiger charge is -2.36. The second-order valence-electron chi connectivity index (χ2n) is 6.62. The zero-order chi connectivity index (χ0) is 13.9. The van der Waals surface area contributed by atoms with Crippen LogP contribution in [0.2, 0.25) is 0 Å². The van der Waals surface area contributed by atoms with Gasteiger partial charge in [0.1, 0.15) is 5.75 Å². The largest absolute Gasteiger partial charge is 0.496 e. The van der Waals surface area contributed by atoms with Crippen LogP contribution in [0.5, 0.6) is 5.75 Å². The molecule has 0 N–H and O–H groups in total. The summed E-state index contributed by atoms with van der Waals surface area (Å²) in [6.45, 7) is 4.93. The molecule has 2 atom stereocenters. The molecule has 3 rings (SSSR count). The number of hydrogen-bond donors (Lipinski definition) is 0. The molecule has 0 aromatic heterocycles.